The lowest BCUT2D eigenvalue weighted by Crippen LogP contribution is -2.35. The Labute approximate surface area is 115 Å². The zero-order valence-corrected chi connectivity index (χ0v) is 12.4. The summed E-state index contributed by atoms with van der Waals surface area (Å²) in [5, 5.41) is 13.4. The molecule has 3 N–H and O–H groups in total. The van der Waals surface area contributed by atoms with Crippen molar-refractivity contribution in [3.63, 3.8) is 0 Å². The van der Waals surface area contributed by atoms with E-state index in [-0.39, 0.29) is 5.56 Å². The van der Waals surface area contributed by atoms with E-state index in [0.29, 0.717) is 24.3 Å². The number of hydrogen-bond donors (Lipinski definition) is 3. The second-order valence-corrected chi connectivity index (χ2v) is 6.60. The Bertz CT molecular complexity index is 652. The normalized spacial score (nSPS) is 12.3. The molecule has 0 fully saturated rings. The largest absolute Gasteiger partial charge is 0.389 e. The molecule has 0 aliphatic rings. The fourth-order valence-electron chi connectivity index (χ4n) is 1.87. The van der Waals surface area contributed by atoms with Gasteiger partial charge in [0, 0.05) is 11.4 Å². The molecular weight excluding hydrogens is 262 g/mol. The highest BCUT2D eigenvalue weighted by Crippen LogP contribution is 2.25. The third-order valence-electron chi connectivity index (χ3n) is 2.94. The van der Waals surface area contributed by atoms with E-state index in [0.717, 1.165) is 15.3 Å². The molecule has 0 saturated carbocycles. The summed E-state index contributed by atoms with van der Waals surface area (Å²) >= 11 is 1.54. The lowest BCUT2D eigenvalue weighted by molar-refractivity contribution is 0.0793. The maximum absolute atomic E-state index is 12.0. The van der Waals surface area contributed by atoms with Gasteiger partial charge in [-0.1, -0.05) is 0 Å². The monoisotopic (exact) mass is 281 g/mol. The quantitative estimate of drug-likeness (QED) is 0.793. The number of rotatable bonds is 4. The third-order valence-corrected chi connectivity index (χ3v) is 4.04. The number of thiophene rings is 1. The van der Waals surface area contributed by atoms with Crippen LogP contribution in [0.4, 0.5) is 0 Å². The number of hydrogen-bond acceptors (Lipinski definition) is 5. The molecule has 2 rings (SSSR count). The van der Waals surface area contributed by atoms with Gasteiger partial charge in [-0.2, -0.15) is 0 Å². The van der Waals surface area contributed by atoms with E-state index < -0.39 is 5.60 Å². The first-order chi connectivity index (χ1) is 8.78. The minimum absolute atomic E-state index is 0.0908. The van der Waals surface area contributed by atoms with Crippen LogP contribution in [-0.2, 0) is 6.54 Å². The number of nitrogens with one attached hydrogen (secondary N) is 2. The molecule has 6 heteroatoms. The number of nitrogens with zero attached hydrogens (tertiary/aromatic N) is 1. The molecule has 0 spiro atoms. The molecule has 104 valence electrons. The summed E-state index contributed by atoms with van der Waals surface area (Å²) in [5.74, 6) is 0.600. The first kappa shape index (κ1) is 14.2. The van der Waals surface area contributed by atoms with Gasteiger partial charge in [0.1, 0.15) is 10.7 Å². The maximum atomic E-state index is 12.0. The third kappa shape index (κ3) is 3.20. The molecule has 0 radical (unpaired) electrons. The van der Waals surface area contributed by atoms with Gasteiger partial charge >= 0.3 is 0 Å². The molecule has 0 aliphatic carbocycles. The average Bonchev–Trinajstić information content (AvgIpc) is 2.53. The number of H-pyrrole nitrogens is 1. The fourth-order valence-corrected chi connectivity index (χ4v) is 2.92. The van der Waals surface area contributed by atoms with Crippen molar-refractivity contribution in [3.05, 3.63) is 26.6 Å². The minimum atomic E-state index is -0.777. The van der Waals surface area contributed by atoms with Crippen molar-refractivity contribution in [2.75, 3.05) is 6.54 Å². The van der Waals surface area contributed by atoms with Gasteiger partial charge in [0.05, 0.1) is 17.5 Å². The van der Waals surface area contributed by atoms with Crippen LogP contribution in [0.25, 0.3) is 10.2 Å². The van der Waals surface area contributed by atoms with Crippen LogP contribution < -0.4 is 10.9 Å². The SMILES string of the molecule is Cc1sc2nc(CNCC(C)(C)O)[nH]c(=O)c2c1C. The standard InChI is InChI=1S/C13H19N3O2S/c1-7-8(2)19-12-10(7)11(17)15-9(16-12)5-14-6-13(3,4)18/h14,18H,5-6H2,1-4H3,(H,15,16,17). The number of aromatic amines is 1. The first-order valence-corrected chi connectivity index (χ1v) is 7.01. The molecule has 0 bridgehead atoms. The zero-order valence-electron chi connectivity index (χ0n) is 11.6. The van der Waals surface area contributed by atoms with Gasteiger partial charge in [-0.3, -0.25) is 4.79 Å². The molecule has 0 saturated heterocycles. The van der Waals surface area contributed by atoms with E-state index in [9.17, 15) is 9.90 Å². The van der Waals surface area contributed by atoms with Crippen molar-refractivity contribution >= 4 is 21.6 Å². The van der Waals surface area contributed by atoms with Gasteiger partial charge < -0.3 is 15.4 Å². The molecular formula is C13H19N3O2S. The molecule has 0 aromatic carbocycles. The molecule has 2 aromatic heterocycles. The van der Waals surface area contributed by atoms with Crippen LogP contribution in [0.3, 0.4) is 0 Å². The smallest absolute Gasteiger partial charge is 0.259 e. The molecule has 5 nitrogen and oxygen atoms in total. The van der Waals surface area contributed by atoms with Gasteiger partial charge in [-0.15, -0.1) is 11.3 Å². The topological polar surface area (TPSA) is 78.0 Å². The molecule has 19 heavy (non-hydrogen) atoms. The van der Waals surface area contributed by atoms with Gasteiger partial charge in [-0.25, -0.2) is 4.98 Å². The van der Waals surface area contributed by atoms with Crippen LogP contribution >= 0.6 is 11.3 Å². The molecule has 0 aliphatic heterocycles. The van der Waals surface area contributed by atoms with E-state index in [2.05, 4.69) is 15.3 Å². The minimum Gasteiger partial charge on any atom is -0.389 e. The van der Waals surface area contributed by atoms with Crippen LogP contribution in [0.5, 0.6) is 0 Å². The Morgan fingerprint density at radius 2 is 2.11 bits per heavy atom. The van der Waals surface area contributed by atoms with Crippen LogP contribution in [-0.4, -0.2) is 27.2 Å². The molecule has 2 aromatic rings. The van der Waals surface area contributed by atoms with Crippen LogP contribution in [0.1, 0.15) is 30.1 Å². The van der Waals surface area contributed by atoms with Crippen molar-refractivity contribution in [1.82, 2.24) is 15.3 Å². The number of aromatic nitrogens is 2. The Morgan fingerprint density at radius 3 is 2.74 bits per heavy atom. The van der Waals surface area contributed by atoms with Crippen molar-refractivity contribution in [2.24, 2.45) is 0 Å². The lowest BCUT2D eigenvalue weighted by Gasteiger charge is -2.17. The van der Waals surface area contributed by atoms with Crippen molar-refractivity contribution in [3.8, 4) is 0 Å². The predicted octanol–water partition coefficient (Wildman–Crippen LogP) is 1.46. The Hall–Kier alpha value is -1.24. The fraction of sp³-hybridized carbons (Fsp3) is 0.538. The van der Waals surface area contributed by atoms with Crippen molar-refractivity contribution < 1.29 is 5.11 Å². The van der Waals surface area contributed by atoms with Gasteiger partial charge in [0.15, 0.2) is 0 Å². The van der Waals surface area contributed by atoms with E-state index >= 15 is 0 Å². The molecule has 0 amide bonds. The Balaban J connectivity index is 2.24. The highest BCUT2D eigenvalue weighted by molar-refractivity contribution is 7.18. The van der Waals surface area contributed by atoms with Gasteiger partial charge in [-0.05, 0) is 33.3 Å². The summed E-state index contributed by atoms with van der Waals surface area (Å²) in [7, 11) is 0. The average molecular weight is 281 g/mol. The van der Waals surface area contributed by atoms with Crippen LogP contribution in [0.15, 0.2) is 4.79 Å². The van der Waals surface area contributed by atoms with E-state index in [1.165, 1.54) is 11.3 Å². The number of aliphatic hydroxyl groups is 1. The van der Waals surface area contributed by atoms with Gasteiger partial charge in [0.25, 0.3) is 5.56 Å². The lowest BCUT2D eigenvalue weighted by atomic mass is 10.1. The summed E-state index contributed by atoms with van der Waals surface area (Å²) < 4.78 is 0. The molecule has 0 unspecified atom stereocenters. The van der Waals surface area contributed by atoms with E-state index in [1.54, 1.807) is 13.8 Å². The first-order valence-electron chi connectivity index (χ1n) is 6.20. The van der Waals surface area contributed by atoms with Crippen molar-refractivity contribution in [1.29, 1.82) is 0 Å². The van der Waals surface area contributed by atoms with Crippen LogP contribution in [0, 0.1) is 13.8 Å². The summed E-state index contributed by atoms with van der Waals surface area (Å²) in [6.07, 6.45) is 0. The maximum Gasteiger partial charge on any atom is 0.259 e. The van der Waals surface area contributed by atoms with Gasteiger partial charge in [0.2, 0.25) is 0 Å². The Kier molecular flexibility index (Phi) is 3.75. The predicted molar refractivity (Wildman–Crippen MR) is 77.7 cm³/mol. The summed E-state index contributed by atoms with van der Waals surface area (Å²) in [5.41, 5.74) is 0.136. The number of aryl methyl sites for hydroxylation is 2. The second kappa shape index (κ2) is 5.03. The summed E-state index contributed by atoms with van der Waals surface area (Å²) in [6, 6.07) is 0. The molecule has 2 heterocycles. The molecule has 0 atom stereocenters. The highest BCUT2D eigenvalue weighted by atomic mass is 32.1. The summed E-state index contributed by atoms with van der Waals surface area (Å²) in [6.45, 7) is 8.27. The highest BCUT2D eigenvalue weighted by Gasteiger charge is 2.13. The van der Waals surface area contributed by atoms with E-state index in [4.69, 9.17) is 0 Å². The Morgan fingerprint density at radius 1 is 1.42 bits per heavy atom. The number of fused-ring (bicyclic) bond motifs is 1. The van der Waals surface area contributed by atoms with Crippen molar-refractivity contribution in [2.45, 2.75) is 39.8 Å². The summed E-state index contributed by atoms with van der Waals surface area (Å²) in [4.78, 5) is 21.2. The van der Waals surface area contributed by atoms with E-state index in [1.807, 2.05) is 13.8 Å². The second-order valence-electron chi connectivity index (χ2n) is 5.39. The van der Waals surface area contributed by atoms with Crippen LogP contribution in [0.2, 0.25) is 0 Å². The zero-order chi connectivity index (χ0) is 14.2.